The van der Waals surface area contributed by atoms with Crippen molar-refractivity contribution in [3.63, 3.8) is 0 Å². The van der Waals surface area contributed by atoms with E-state index in [9.17, 15) is 0 Å². The Kier molecular flexibility index (Phi) is 6.18. The highest BCUT2D eigenvalue weighted by atomic mass is 16.5. The van der Waals surface area contributed by atoms with E-state index < -0.39 is 0 Å². The van der Waals surface area contributed by atoms with Gasteiger partial charge in [0.05, 0.1) is 0 Å². The number of hydrogen-bond acceptors (Lipinski definition) is 3. The van der Waals surface area contributed by atoms with E-state index >= 15 is 0 Å². The van der Waals surface area contributed by atoms with Crippen molar-refractivity contribution in [2.75, 3.05) is 25.6 Å². The highest BCUT2D eigenvalue weighted by molar-refractivity contribution is 5.93. The predicted octanol–water partition coefficient (Wildman–Crippen LogP) is 1.57. The number of methoxy groups -OCH3 is 1. The number of nitrogens with two attached hydrogens (primary N) is 1. The standard InChI is InChI=1S/C13H22N4O/c1-10-5-6-11(2)12(9-10)16-13(17-14)15-7-4-8-18-3/h5-6,9H,4,7-8,14H2,1-3H3,(H2,15,16,17). The third-order valence-electron chi connectivity index (χ3n) is 2.56. The van der Waals surface area contributed by atoms with Gasteiger partial charge in [0, 0.05) is 25.9 Å². The van der Waals surface area contributed by atoms with Gasteiger partial charge in [0.15, 0.2) is 0 Å². The van der Waals surface area contributed by atoms with Crippen molar-refractivity contribution in [2.45, 2.75) is 20.3 Å². The number of hydrogen-bond donors (Lipinski definition) is 3. The molecule has 0 aliphatic rings. The van der Waals surface area contributed by atoms with Crippen LogP contribution in [0.1, 0.15) is 17.5 Å². The molecular weight excluding hydrogens is 228 g/mol. The molecule has 0 aromatic heterocycles. The lowest BCUT2D eigenvalue weighted by Crippen LogP contribution is -2.36. The summed E-state index contributed by atoms with van der Waals surface area (Å²) in [5.41, 5.74) is 5.93. The van der Waals surface area contributed by atoms with E-state index in [1.54, 1.807) is 7.11 Å². The third kappa shape index (κ3) is 4.73. The molecule has 5 nitrogen and oxygen atoms in total. The molecule has 0 atom stereocenters. The highest BCUT2D eigenvalue weighted by Gasteiger charge is 2.01. The molecule has 18 heavy (non-hydrogen) atoms. The Labute approximate surface area is 108 Å². The molecule has 0 fully saturated rings. The molecule has 0 saturated carbocycles. The molecule has 0 amide bonds. The van der Waals surface area contributed by atoms with Crippen LogP contribution in [-0.4, -0.2) is 26.2 Å². The normalized spacial score (nSPS) is 11.4. The monoisotopic (exact) mass is 250 g/mol. The molecule has 0 saturated heterocycles. The van der Waals surface area contributed by atoms with Crippen molar-refractivity contribution in [3.8, 4) is 0 Å². The molecule has 0 aliphatic heterocycles. The van der Waals surface area contributed by atoms with E-state index in [1.165, 1.54) is 5.56 Å². The predicted molar refractivity (Wildman–Crippen MR) is 75.7 cm³/mol. The maximum Gasteiger partial charge on any atom is 0.210 e. The lowest BCUT2D eigenvalue weighted by atomic mass is 10.1. The highest BCUT2D eigenvalue weighted by Crippen LogP contribution is 2.15. The number of aryl methyl sites for hydroxylation is 2. The SMILES string of the molecule is COCCCN=C(NN)Nc1cc(C)ccc1C. The number of aliphatic imine (C=N–C) groups is 1. The Balaban J connectivity index is 2.64. The zero-order valence-electron chi connectivity index (χ0n) is 11.3. The van der Waals surface area contributed by atoms with Gasteiger partial charge >= 0.3 is 0 Å². The number of ether oxygens (including phenoxy) is 1. The van der Waals surface area contributed by atoms with Gasteiger partial charge in [-0.1, -0.05) is 12.1 Å². The molecule has 0 bridgehead atoms. The molecule has 0 aliphatic carbocycles. The zero-order chi connectivity index (χ0) is 13.4. The van der Waals surface area contributed by atoms with E-state index in [-0.39, 0.29) is 0 Å². The number of anilines is 1. The lowest BCUT2D eigenvalue weighted by molar-refractivity contribution is 0.197. The van der Waals surface area contributed by atoms with Gasteiger partial charge < -0.3 is 10.1 Å². The van der Waals surface area contributed by atoms with Gasteiger partial charge in [-0.3, -0.25) is 10.4 Å². The Morgan fingerprint density at radius 2 is 2.17 bits per heavy atom. The Morgan fingerprint density at radius 1 is 1.39 bits per heavy atom. The minimum absolute atomic E-state index is 0.569. The Morgan fingerprint density at radius 3 is 2.83 bits per heavy atom. The van der Waals surface area contributed by atoms with Crippen LogP contribution in [0.5, 0.6) is 0 Å². The van der Waals surface area contributed by atoms with Crippen LogP contribution < -0.4 is 16.6 Å². The van der Waals surface area contributed by atoms with Gasteiger partial charge in [0.2, 0.25) is 5.96 Å². The van der Waals surface area contributed by atoms with Crippen LogP contribution in [0, 0.1) is 13.8 Å². The molecule has 0 heterocycles. The molecule has 1 aromatic rings. The van der Waals surface area contributed by atoms with Crippen LogP contribution in [-0.2, 0) is 4.74 Å². The minimum atomic E-state index is 0.569. The fraction of sp³-hybridized carbons (Fsp3) is 0.462. The first kappa shape index (κ1) is 14.5. The molecule has 0 unspecified atom stereocenters. The summed E-state index contributed by atoms with van der Waals surface area (Å²) in [7, 11) is 1.68. The summed E-state index contributed by atoms with van der Waals surface area (Å²) in [5.74, 6) is 6.02. The van der Waals surface area contributed by atoms with Crippen molar-refractivity contribution in [1.82, 2.24) is 5.43 Å². The molecular formula is C13H22N4O. The molecule has 100 valence electrons. The van der Waals surface area contributed by atoms with Crippen molar-refractivity contribution < 1.29 is 4.74 Å². The molecule has 5 heteroatoms. The average molecular weight is 250 g/mol. The summed E-state index contributed by atoms with van der Waals surface area (Å²) < 4.78 is 4.97. The van der Waals surface area contributed by atoms with Crippen molar-refractivity contribution in [3.05, 3.63) is 29.3 Å². The second-order valence-electron chi connectivity index (χ2n) is 4.16. The molecule has 4 N–H and O–H groups in total. The van der Waals surface area contributed by atoms with Crippen molar-refractivity contribution in [1.29, 1.82) is 0 Å². The van der Waals surface area contributed by atoms with Crippen LogP contribution in [0.2, 0.25) is 0 Å². The number of nitrogens with zero attached hydrogens (tertiary/aromatic N) is 1. The lowest BCUT2D eigenvalue weighted by Gasteiger charge is -2.12. The topological polar surface area (TPSA) is 71.7 Å². The summed E-state index contributed by atoms with van der Waals surface area (Å²) in [6.07, 6.45) is 0.871. The van der Waals surface area contributed by atoms with Crippen LogP contribution in [0.25, 0.3) is 0 Å². The minimum Gasteiger partial charge on any atom is -0.385 e. The maximum absolute atomic E-state index is 5.45. The summed E-state index contributed by atoms with van der Waals surface area (Å²) in [4.78, 5) is 4.34. The largest absolute Gasteiger partial charge is 0.385 e. The van der Waals surface area contributed by atoms with Gasteiger partial charge in [0.1, 0.15) is 0 Å². The fourth-order valence-electron chi connectivity index (χ4n) is 1.52. The number of hydrazine groups is 1. The quantitative estimate of drug-likeness (QED) is 0.244. The van der Waals surface area contributed by atoms with E-state index in [2.05, 4.69) is 40.9 Å². The molecule has 0 radical (unpaired) electrons. The summed E-state index contributed by atoms with van der Waals surface area (Å²) in [6, 6.07) is 6.21. The summed E-state index contributed by atoms with van der Waals surface area (Å²) in [5, 5.41) is 3.19. The van der Waals surface area contributed by atoms with E-state index in [0.29, 0.717) is 19.1 Å². The Bertz CT molecular complexity index is 404. The van der Waals surface area contributed by atoms with Gasteiger partial charge in [-0.25, -0.2) is 5.84 Å². The summed E-state index contributed by atoms with van der Waals surface area (Å²) >= 11 is 0. The second-order valence-corrected chi connectivity index (χ2v) is 4.16. The van der Waals surface area contributed by atoms with Crippen molar-refractivity contribution in [2.24, 2.45) is 10.8 Å². The first-order chi connectivity index (χ1) is 8.67. The first-order valence-electron chi connectivity index (χ1n) is 6.01. The smallest absolute Gasteiger partial charge is 0.210 e. The summed E-state index contributed by atoms with van der Waals surface area (Å²) in [6.45, 7) is 5.47. The van der Waals surface area contributed by atoms with Crippen LogP contribution in [0.4, 0.5) is 5.69 Å². The average Bonchev–Trinajstić information content (AvgIpc) is 2.37. The number of guanidine groups is 1. The first-order valence-corrected chi connectivity index (χ1v) is 6.01. The van der Waals surface area contributed by atoms with Gasteiger partial charge in [-0.15, -0.1) is 0 Å². The van der Waals surface area contributed by atoms with Gasteiger partial charge in [0.25, 0.3) is 0 Å². The zero-order valence-corrected chi connectivity index (χ0v) is 11.3. The van der Waals surface area contributed by atoms with E-state index in [0.717, 1.165) is 17.7 Å². The maximum atomic E-state index is 5.45. The van der Waals surface area contributed by atoms with E-state index in [1.807, 2.05) is 6.92 Å². The number of nitrogens with one attached hydrogen (secondary N) is 2. The molecule has 1 rings (SSSR count). The van der Waals surface area contributed by atoms with Gasteiger partial charge in [-0.2, -0.15) is 0 Å². The van der Waals surface area contributed by atoms with Crippen LogP contribution in [0.3, 0.4) is 0 Å². The third-order valence-corrected chi connectivity index (χ3v) is 2.56. The molecule has 1 aromatic carbocycles. The number of rotatable bonds is 5. The van der Waals surface area contributed by atoms with Crippen molar-refractivity contribution >= 4 is 11.6 Å². The fourth-order valence-corrected chi connectivity index (χ4v) is 1.52. The second kappa shape index (κ2) is 7.68. The van der Waals surface area contributed by atoms with Gasteiger partial charge in [-0.05, 0) is 37.5 Å². The van der Waals surface area contributed by atoms with Crippen LogP contribution in [0.15, 0.2) is 23.2 Å². The van der Waals surface area contributed by atoms with E-state index in [4.69, 9.17) is 10.6 Å². The van der Waals surface area contributed by atoms with Crippen LogP contribution >= 0.6 is 0 Å². The molecule has 0 spiro atoms. The number of benzene rings is 1. The Hall–Kier alpha value is -1.59.